The lowest BCUT2D eigenvalue weighted by Crippen LogP contribution is -2.40. The van der Waals surface area contributed by atoms with Crippen LogP contribution in [0, 0.1) is 0 Å². The first-order valence-corrected chi connectivity index (χ1v) is 8.41. The van der Waals surface area contributed by atoms with E-state index in [2.05, 4.69) is 0 Å². The Labute approximate surface area is 146 Å². The SMILES string of the molecule is CC(Oc1ccc(C(=O)N2CCCC2C(=O)O)cc1)c1ccccc1. The molecule has 0 saturated carbocycles. The lowest BCUT2D eigenvalue weighted by atomic mass is 10.1. The highest BCUT2D eigenvalue weighted by atomic mass is 16.5. The number of benzene rings is 2. The van der Waals surface area contributed by atoms with Crippen LogP contribution in [0.15, 0.2) is 54.6 Å². The molecule has 0 radical (unpaired) electrons. The third-order valence-corrected chi connectivity index (χ3v) is 4.48. The van der Waals surface area contributed by atoms with Gasteiger partial charge in [0.25, 0.3) is 5.91 Å². The maximum Gasteiger partial charge on any atom is 0.326 e. The van der Waals surface area contributed by atoms with Crippen LogP contribution in [0.3, 0.4) is 0 Å². The van der Waals surface area contributed by atoms with Gasteiger partial charge in [-0.1, -0.05) is 30.3 Å². The Balaban J connectivity index is 1.68. The number of carboxylic acid groups (broad SMARTS) is 1. The molecule has 0 spiro atoms. The summed E-state index contributed by atoms with van der Waals surface area (Å²) in [7, 11) is 0. The lowest BCUT2D eigenvalue weighted by Gasteiger charge is -2.21. The van der Waals surface area contributed by atoms with Crippen LogP contribution in [0.1, 0.15) is 41.8 Å². The van der Waals surface area contributed by atoms with E-state index in [-0.39, 0.29) is 12.0 Å². The first-order valence-electron chi connectivity index (χ1n) is 8.41. The molecule has 0 aliphatic carbocycles. The van der Waals surface area contributed by atoms with Crippen LogP contribution in [0.25, 0.3) is 0 Å². The summed E-state index contributed by atoms with van der Waals surface area (Å²) >= 11 is 0. The van der Waals surface area contributed by atoms with E-state index >= 15 is 0 Å². The third kappa shape index (κ3) is 3.82. The number of rotatable bonds is 5. The molecule has 25 heavy (non-hydrogen) atoms. The van der Waals surface area contributed by atoms with Crippen LogP contribution in [0.5, 0.6) is 5.75 Å². The van der Waals surface area contributed by atoms with Crippen molar-refractivity contribution in [1.29, 1.82) is 0 Å². The molecule has 1 fully saturated rings. The molecule has 1 amide bonds. The zero-order valence-corrected chi connectivity index (χ0v) is 14.1. The van der Waals surface area contributed by atoms with Crippen LogP contribution < -0.4 is 4.74 Å². The number of amides is 1. The maximum absolute atomic E-state index is 12.5. The zero-order valence-electron chi connectivity index (χ0n) is 14.1. The fourth-order valence-electron chi connectivity index (χ4n) is 3.10. The van der Waals surface area contributed by atoms with Crippen molar-refractivity contribution in [3.8, 4) is 5.75 Å². The van der Waals surface area contributed by atoms with E-state index in [9.17, 15) is 14.7 Å². The van der Waals surface area contributed by atoms with Crippen molar-refractivity contribution in [3.05, 3.63) is 65.7 Å². The van der Waals surface area contributed by atoms with Gasteiger partial charge >= 0.3 is 5.97 Å². The summed E-state index contributed by atoms with van der Waals surface area (Å²) in [6, 6.07) is 16.0. The number of carboxylic acids is 1. The highest BCUT2D eigenvalue weighted by Crippen LogP contribution is 2.24. The fraction of sp³-hybridized carbons (Fsp3) is 0.300. The Morgan fingerprint density at radius 2 is 1.80 bits per heavy atom. The largest absolute Gasteiger partial charge is 0.486 e. The Morgan fingerprint density at radius 1 is 1.12 bits per heavy atom. The van der Waals surface area contributed by atoms with Gasteiger partial charge in [-0.2, -0.15) is 0 Å². The predicted molar refractivity (Wildman–Crippen MR) is 93.6 cm³/mol. The van der Waals surface area contributed by atoms with Crippen LogP contribution in [0.4, 0.5) is 0 Å². The predicted octanol–water partition coefficient (Wildman–Crippen LogP) is 3.52. The van der Waals surface area contributed by atoms with Gasteiger partial charge in [0, 0.05) is 12.1 Å². The molecular weight excluding hydrogens is 318 g/mol. The van der Waals surface area contributed by atoms with Gasteiger partial charge in [-0.3, -0.25) is 4.79 Å². The molecule has 5 heteroatoms. The first kappa shape index (κ1) is 17.0. The number of hydrogen-bond donors (Lipinski definition) is 1. The molecule has 1 aliphatic rings. The average molecular weight is 339 g/mol. The van der Waals surface area contributed by atoms with Crippen molar-refractivity contribution in [1.82, 2.24) is 4.90 Å². The molecule has 2 unspecified atom stereocenters. The number of carbonyl (C=O) groups excluding carboxylic acids is 1. The average Bonchev–Trinajstić information content (AvgIpc) is 3.12. The Hall–Kier alpha value is -2.82. The minimum atomic E-state index is -0.942. The van der Waals surface area contributed by atoms with Crippen molar-refractivity contribution in [3.63, 3.8) is 0 Å². The lowest BCUT2D eigenvalue weighted by molar-refractivity contribution is -0.141. The third-order valence-electron chi connectivity index (χ3n) is 4.48. The molecule has 2 atom stereocenters. The van der Waals surface area contributed by atoms with Crippen molar-refractivity contribution in [2.45, 2.75) is 31.9 Å². The second kappa shape index (κ2) is 7.38. The summed E-state index contributed by atoms with van der Waals surface area (Å²) < 4.78 is 5.90. The van der Waals surface area contributed by atoms with Gasteiger partial charge < -0.3 is 14.7 Å². The Morgan fingerprint density at radius 3 is 2.44 bits per heavy atom. The molecular formula is C20H21NO4. The van der Waals surface area contributed by atoms with Gasteiger partial charge in [-0.15, -0.1) is 0 Å². The number of nitrogens with zero attached hydrogens (tertiary/aromatic N) is 1. The highest BCUT2D eigenvalue weighted by Gasteiger charge is 2.34. The second-order valence-electron chi connectivity index (χ2n) is 6.19. The van der Waals surface area contributed by atoms with Gasteiger partial charge in [-0.25, -0.2) is 4.79 Å². The molecule has 1 N–H and O–H groups in total. The summed E-state index contributed by atoms with van der Waals surface area (Å²) in [4.78, 5) is 25.2. The molecule has 5 nitrogen and oxygen atoms in total. The van der Waals surface area contributed by atoms with E-state index in [1.165, 1.54) is 4.90 Å². The van der Waals surface area contributed by atoms with Gasteiger partial charge in [0.15, 0.2) is 0 Å². The maximum atomic E-state index is 12.5. The Kier molecular flexibility index (Phi) is 5.03. The van der Waals surface area contributed by atoms with Crippen LogP contribution >= 0.6 is 0 Å². The van der Waals surface area contributed by atoms with Gasteiger partial charge in [0.05, 0.1) is 0 Å². The standard InChI is InChI=1S/C20H21NO4/c1-14(15-6-3-2-4-7-15)25-17-11-9-16(10-12-17)19(22)21-13-5-8-18(21)20(23)24/h2-4,6-7,9-12,14,18H,5,8,13H2,1H3,(H,23,24). The zero-order chi connectivity index (χ0) is 17.8. The fourth-order valence-corrected chi connectivity index (χ4v) is 3.10. The summed E-state index contributed by atoms with van der Waals surface area (Å²) in [5.74, 6) is -0.515. The smallest absolute Gasteiger partial charge is 0.326 e. The van der Waals surface area contributed by atoms with Crippen LogP contribution in [-0.4, -0.2) is 34.5 Å². The Bertz CT molecular complexity index is 742. The molecule has 130 valence electrons. The molecule has 3 rings (SSSR count). The summed E-state index contributed by atoms with van der Waals surface area (Å²) in [6.45, 7) is 2.45. The number of hydrogen-bond acceptors (Lipinski definition) is 3. The topological polar surface area (TPSA) is 66.8 Å². The van der Waals surface area contributed by atoms with Crippen molar-refractivity contribution in [2.24, 2.45) is 0 Å². The summed E-state index contributed by atoms with van der Waals surface area (Å²) in [6.07, 6.45) is 1.13. The second-order valence-corrected chi connectivity index (χ2v) is 6.19. The van der Waals surface area contributed by atoms with Crippen molar-refractivity contribution >= 4 is 11.9 Å². The quantitative estimate of drug-likeness (QED) is 0.905. The minimum absolute atomic E-state index is 0.0993. The monoisotopic (exact) mass is 339 g/mol. The van der Waals surface area contributed by atoms with E-state index < -0.39 is 12.0 Å². The number of likely N-dealkylation sites (tertiary alicyclic amines) is 1. The van der Waals surface area contributed by atoms with E-state index in [0.29, 0.717) is 24.3 Å². The van der Waals surface area contributed by atoms with Gasteiger partial charge in [0.1, 0.15) is 17.9 Å². The van der Waals surface area contributed by atoms with Crippen molar-refractivity contribution < 1.29 is 19.4 Å². The van der Waals surface area contributed by atoms with E-state index in [0.717, 1.165) is 12.0 Å². The number of aliphatic carboxylic acids is 1. The molecule has 0 aromatic heterocycles. The van der Waals surface area contributed by atoms with Crippen LogP contribution in [0.2, 0.25) is 0 Å². The molecule has 1 saturated heterocycles. The molecule has 1 aliphatic heterocycles. The van der Waals surface area contributed by atoms with E-state index in [1.807, 2.05) is 37.3 Å². The van der Waals surface area contributed by atoms with Gasteiger partial charge in [-0.05, 0) is 49.6 Å². The first-order chi connectivity index (χ1) is 12.1. The highest BCUT2D eigenvalue weighted by molar-refractivity contribution is 5.97. The summed E-state index contributed by atoms with van der Waals surface area (Å²) in [5.41, 5.74) is 1.55. The molecule has 0 bridgehead atoms. The number of ether oxygens (including phenoxy) is 1. The molecule has 2 aromatic carbocycles. The molecule has 2 aromatic rings. The van der Waals surface area contributed by atoms with Gasteiger partial charge in [0.2, 0.25) is 0 Å². The normalized spacial score (nSPS) is 18.0. The van der Waals surface area contributed by atoms with Crippen LogP contribution in [-0.2, 0) is 4.79 Å². The minimum Gasteiger partial charge on any atom is -0.486 e. The number of carbonyl (C=O) groups is 2. The van der Waals surface area contributed by atoms with E-state index in [1.54, 1.807) is 24.3 Å². The molecule has 1 heterocycles. The van der Waals surface area contributed by atoms with E-state index in [4.69, 9.17) is 4.74 Å². The summed E-state index contributed by atoms with van der Waals surface area (Å²) in [5, 5.41) is 9.22. The van der Waals surface area contributed by atoms with Crippen molar-refractivity contribution in [2.75, 3.05) is 6.54 Å².